The summed E-state index contributed by atoms with van der Waals surface area (Å²) in [7, 11) is 0. The Morgan fingerprint density at radius 2 is 1.00 bits per heavy atom. The van der Waals surface area contributed by atoms with E-state index >= 15 is 0 Å². The molecule has 34 heavy (non-hydrogen) atoms. The van der Waals surface area contributed by atoms with Crippen molar-refractivity contribution in [2.75, 3.05) is 11.4 Å². The molecule has 0 aliphatic rings. The molecule has 0 unspecified atom stereocenters. The summed E-state index contributed by atoms with van der Waals surface area (Å²) in [4.78, 5) is 35.8. The van der Waals surface area contributed by atoms with Gasteiger partial charge in [-0.25, -0.2) is 14.4 Å². The van der Waals surface area contributed by atoms with E-state index in [2.05, 4.69) is 6.92 Å². The number of benzene rings is 1. The van der Waals surface area contributed by atoms with Crippen LogP contribution in [0.15, 0.2) is 18.2 Å². The second-order valence-electron chi connectivity index (χ2n) is 9.17. The van der Waals surface area contributed by atoms with Gasteiger partial charge in [0.1, 0.15) is 0 Å². The molecule has 4 N–H and O–H groups in total. The van der Waals surface area contributed by atoms with E-state index in [0.717, 1.165) is 31.7 Å². The number of hydrogen-bond donors (Lipinski definition) is 3. The van der Waals surface area contributed by atoms with Crippen LogP contribution in [0.4, 0.5) is 10.5 Å². The number of carboxylic acids is 2. The van der Waals surface area contributed by atoms with Gasteiger partial charge in [0.05, 0.1) is 11.1 Å². The highest BCUT2D eigenvalue weighted by Gasteiger charge is 2.18. The van der Waals surface area contributed by atoms with Gasteiger partial charge >= 0.3 is 18.0 Å². The van der Waals surface area contributed by atoms with Crippen molar-refractivity contribution >= 4 is 23.7 Å². The van der Waals surface area contributed by atoms with Crippen molar-refractivity contribution in [3.63, 3.8) is 0 Å². The normalized spacial score (nSPS) is 10.9. The molecule has 1 aromatic rings. The average Bonchev–Trinajstić information content (AvgIpc) is 2.80. The lowest BCUT2D eigenvalue weighted by atomic mass is 10.0. The molecule has 0 fully saturated rings. The van der Waals surface area contributed by atoms with E-state index < -0.39 is 18.0 Å². The third kappa shape index (κ3) is 12.6. The van der Waals surface area contributed by atoms with Gasteiger partial charge in [-0.3, -0.25) is 4.90 Å². The SMILES string of the molecule is CCCCCCCCCCCCCCCCCCN(C(N)=O)c1cc(C(=O)O)cc(C(=O)O)c1. The minimum atomic E-state index is -1.25. The zero-order chi connectivity index (χ0) is 25.2. The molecule has 7 heteroatoms. The van der Waals surface area contributed by atoms with Gasteiger partial charge in [-0.2, -0.15) is 0 Å². The number of primary amides is 1. The van der Waals surface area contributed by atoms with Gasteiger partial charge in [-0.1, -0.05) is 103 Å². The van der Waals surface area contributed by atoms with Crippen LogP contribution in [-0.4, -0.2) is 34.7 Å². The van der Waals surface area contributed by atoms with E-state index in [1.54, 1.807) is 0 Å². The molecule has 0 atom stereocenters. The van der Waals surface area contributed by atoms with Gasteiger partial charge in [0.15, 0.2) is 0 Å². The minimum absolute atomic E-state index is 0.187. The molecule has 192 valence electrons. The molecule has 1 aromatic carbocycles. The number of unbranched alkanes of at least 4 members (excludes halogenated alkanes) is 15. The number of nitrogens with zero attached hydrogens (tertiary/aromatic N) is 1. The first-order valence-corrected chi connectivity index (χ1v) is 13.1. The number of amides is 2. The maximum absolute atomic E-state index is 11.9. The quantitative estimate of drug-likeness (QED) is 0.171. The topological polar surface area (TPSA) is 121 Å². The Labute approximate surface area is 204 Å². The Hall–Kier alpha value is -2.57. The summed E-state index contributed by atoms with van der Waals surface area (Å²) < 4.78 is 0. The van der Waals surface area contributed by atoms with Crippen molar-refractivity contribution in [1.29, 1.82) is 0 Å². The monoisotopic (exact) mass is 476 g/mol. The summed E-state index contributed by atoms with van der Waals surface area (Å²) in [5.74, 6) is -2.51. The zero-order valence-corrected chi connectivity index (χ0v) is 20.9. The first-order chi connectivity index (χ1) is 16.4. The number of aromatic carboxylic acids is 2. The molecule has 0 bridgehead atoms. The Bertz CT molecular complexity index is 718. The highest BCUT2D eigenvalue weighted by atomic mass is 16.4. The van der Waals surface area contributed by atoms with E-state index in [4.69, 9.17) is 5.73 Å². The first kappa shape index (κ1) is 29.5. The molecule has 0 heterocycles. The van der Waals surface area contributed by atoms with Crippen LogP contribution in [0.3, 0.4) is 0 Å². The molecule has 0 aliphatic heterocycles. The summed E-state index contributed by atoms with van der Waals surface area (Å²) in [6.45, 7) is 2.58. The first-order valence-electron chi connectivity index (χ1n) is 13.1. The lowest BCUT2D eigenvalue weighted by molar-refractivity contribution is 0.0696. The molecule has 1 rings (SSSR count). The van der Waals surface area contributed by atoms with Crippen molar-refractivity contribution in [3.05, 3.63) is 29.3 Å². The minimum Gasteiger partial charge on any atom is -0.478 e. The van der Waals surface area contributed by atoms with Gasteiger partial charge < -0.3 is 15.9 Å². The summed E-state index contributed by atoms with van der Waals surface area (Å²) in [6, 6.07) is 2.92. The molecule has 0 saturated carbocycles. The highest BCUT2D eigenvalue weighted by molar-refractivity contribution is 5.98. The second kappa shape index (κ2) is 17.8. The molecular weight excluding hydrogens is 432 g/mol. The van der Waals surface area contributed by atoms with E-state index in [0.29, 0.717) is 6.54 Å². The fourth-order valence-electron chi connectivity index (χ4n) is 4.20. The van der Waals surface area contributed by atoms with Crippen LogP contribution in [0, 0.1) is 0 Å². The number of urea groups is 1. The smallest absolute Gasteiger partial charge is 0.335 e. The molecule has 2 amide bonds. The fourth-order valence-corrected chi connectivity index (χ4v) is 4.20. The summed E-state index contributed by atoms with van der Waals surface area (Å²) in [5, 5.41) is 18.5. The van der Waals surface area contributed by atoms with Crippen LogP contribution in [0.1, 0.15) is 130 Å². The van der Waals surface area contributed by atoms with Gasteiger partial charge in [-0.15, -0.1) is 0 Å². The molecular formula is C27H44N2O5. The van der Waals surface area contributed by atoms with E-state index in [9.17, 15) is 24.6 Å². The number of anilines is 1. The maximum atomic E-state index is 11.9. The van der Waals surface area contributed by atoms with E-state index in [1.807, 2.05) is 0 Å². The van der Waals surface area contributed by atoms with Crippen molar-refractivity contribution in [1.82, 2.24) is 0 Å². The molecule has 0 aliphatic carbocycles. The van der Waals surface area contributed by atoms with Gasteiger partial charge in [-0.05, 0) is 24.6 Å². The average molecular weight is 477 g/mol. The van der Waals surface area contributed by atoms with Gasteiger partial charge in [0.25, 0.3) is 0 Å². The predicted octanol–water partition coefficient (Wildman–Crippen LogP) is 7.23. The van der Waals surface area contributed by atoms with Crippen molar-refractivity contribution in [2.24, 2.45) is 5.73 Å². The lowest BCUT2D eigenvalue weighted by Crippen LogP contribution is -2.36. The summed E-state index contributed by atoms with van der Waals surface area (Å²) in [5.41, 5.74) is 5.31. The zero-order valence-electron chi connectivity index (χ0n) is 20.9. The molecule has 0 aromatic heterocycles. The predicted molar refractivity (Wildman–Crippen MR) is 137 cm³/mol. The van der Waals surface area contributed by atoms with Crippen LogP contribution in [-0.2, 0) is 0 Å². The fraction of sp³-hybridized carbons (Fsp3) is 0.667. The van der Waals surface area contributed by atoms with E-state index in [1.165, 1.54) is 94.1 Å². The van der Waals surface area contributed by atoms with Crippen LogP contribution in [0.5, 0.6) is 0 Å². The van der Waals surface area contributed by atoms with Crippen molar-refractivity contribution in [2.45, 2.75) is 110 Å². The lowest BCUT2D eigenvalue weighted by Gasteiger charge is -2.21. The standard InChI is InChI=1S/C27H44N2O5/c1-2-3-4-5-6-7-8-9-10-11-12-13-14-15-16-17-18-29(27(28)34)24-20-22(25(30)31)19-23(21-24)26(32)33/h19-21H,2-18H2,1H3,(H2,28,34)(H,30,31)(H,32,33). The van der Waals surface area contributed by atoms with Crippen LogP contribution in [0.2, 0.25) is 0 Å². The number of rotatable bonds is 20. The third-order valence-corrected chi connectivity index (χ3v) is 6.22. The van der Waals surface area contributed by atoms with Crippen molar-refractivity contribution < 1.29 is 24.6 Å². The number of carboxylic acid groups (broad SMARTS) is 2. The number of carbonyl (C=O) groups is 3. The van der Waals surface area contributed by atoms with E-state index in [-0.39, 0.29) is 16.8 Å². The Balaban J connectivity index is 2.21. The second-order valence-corrected chi connectivity index (χ2v) is 9.17. The summed E-state index contributed by atoms with van der Waals surface area (Å²) in [6.07, 6.45) is 20.0. The Kier molecular flexibility index (Phi) is 15.5. The van der Waals surface area contributed by atoms with Crippen molar-refractivity contribution in [3.8, 4) is 0 Å². The maximum Gasteiger partial charge on any atom is 0.335 e. The third-order valence-electron chi connectivity index (χ3n) is 6.22. The Morgan fingerprint density at radius 3 is 1.32 bits per heavy atom. The van der Waals surface area contributed by atoms with Crippen LogP contribution < -0.4 is 10.6 Å². The van der Waals surface area contributed by atoms with Crippen LogP contribution >= 0.6 is 0 Å². The largest absolute Gasteiger partial charge is 0.478 e. The number of hydrogen-bond acceptors (Lipinski definition) is 3. The number of carbonyl (C=O) groups excluding carboxylic acids is 1. The summed E-state index contributed by atoms with van der Waals surface area (Å²) >= 11 is 0. The number of nitrogens with two attached hydrogens (primary N) is 1. The van der Waals surface area contributed by atoms with Gasteiger partial charge in [0, 0.05) is 12.2 Å². The molecule has 0 radical (unpaired) electrons. The molecule has 0 spiro atoms. The highest BCUT2D eigenvalue weighted by Crippen LogP contribution is 2.21. The Morgan fingerprint density at radius 1 is 0.647 bits per heavy atom. The van der Waals surface area contributed by atoms with Gasteiger partial charge in [0.2, 0.25) is 0 Å². The van der Waals surface area contributed by atoms with Crippen LogP contribution in [0.25, 0.3) is 0 Å². The molecule has 7 nitrogen and oxygen atoms in total. The molecule has 0 saturated heterocycles.